The number of fused-ring (bicyclic) bond motifs is 1. The molecule has 0 aliphatic rings. The summed E-state index contributed by atoms with van der Waals surface area (Å²) in [5.74, 6) is -0.217. The maximum atomic E-state index is 12.4. The second-order valence-electron chi connectivity index (χ2n) is 5.27. The van der Waals surface area contributed by atoms with Gasteiger partial charge in [0.05, 0.1) is 10.2 Å². The van der Waals surface area contributed by atoms with Crippen LogP contribution in [0.4, 0.5) is 5.69 Å². The second-order valence-corrected chi connectivity index (χ2v) is 6.28. The van der Waals surface area contributed by atoms with E-state index in [9.17, 15) is 4.79 Å². The molecule has 0 bridgehead atoms. The van der Waals surface area contributed by atoms with Crippen LogP contribution in [0.1, 0.15) is 10.4 Å². The number of hydrogen-bond acceptors (Lipinski definition) is 3. The standard InChI is InChI=1S/C17H17N3OS/c1-19(2)13-8-6-7-12(11-13)16(21)18-17-20(3)14-9-4-5-10-15(14)22-17/h4-11H,1-3H3. The van der Waals surface area contributed by atoms with Crippen molar-refractivity contribution in [3.8, 4) is 0 Å². The van der Waals surface area contributed by atoms with Gasteiger partial charge < -0.3 is 9.47 Å². The highest BCUT2D eigenvalue weighted by atomic mass is 32.1. The Morgan fingerprint density at radius 1 is 1.14 bits per heavy atom. The molecule has 0 N–H and O–H groups in total. The lowest BCUT2D eigenvalue weighted by atomic mass is 10.2. The normalized spacial score (nSPS) is 11.9. The molecule has 2 aromatic carbocycles. The Balaban J connectivity index is 2.05. The van der Waals surface area contributed by atoms with Gasteiger partial charge in [0.2, 0.25) is 0 Å². The van der Waals surface area contributed by atoms with E-state index in [1.807, 2.05) is 73.1 Å². The van der Waals surface area contributed by atoms with E-state index in [0.717, 1.165) is 15.9 Å². The second kappa shape index (κ2) is 5.77. The highest BCUT2D eigenvalue weighted by Crippen LogP contribution is 2.16. The van der Waals surface area contributed by atoms with Crippen molar-refractivity contribution in [2.45, 2.75) is 0 Å². The zero-order valence-electron chi connectivity index (χ0n) is 12.8. The molecule has 3 rings (SSSR count). The lowest BCUT2D eigenvalue weighted by Gasteiger charge is -2.12. The molecule has 0 radical (unpaired) electrons. The van der Waals surface area contributed by atoms with Crippen LogP contribution in [0.2, 0.25) is 0 Å². The molecule has 3 aromatic rings. The summed E-state index contributed by atoms with van der Waals surface area (Å²) < 4.78 is 3.08. The highest BCUT2D eigenvalue weighted by Gasteiger charge is 2.08. The number of benzene rings is 2. The quantitative estimate of drug-likeness (QED) is 0.729. The summed E-state index contributed by atoms with van der Waals surface area (Å²) in [6, 6.07) is 15.6. The van der Waals surface area contributed by atoms with Gasteiger partial charge in [-0.05, 0) is 30.3 Å². The Kier molecular flexibility index (Phi) is 3.81. The van der Waals surface area contributed by atoms with E-state index in [1.165, 1.54) is 11.3 Å². The number of nitrogens with zero attached hydrogens (tertiary/aromatic N) is 3. The first kappa shape index (κ1) is 14.5. The van der Waals surface area contributed by atoms with Crippen LogP contribution in [0.25, 0.3) is 10.2 Å². The molecule has 0 fully saturated rings. The number of hydrogen-bond donors (Lipinski definition) is 0. The number of anilines is 1. The minimum Gasteiger partial charge on any atom is -0.378 e. The first-order valence-corrected chi connectivity index (χ1v) is 7.79. The van der Waals surface area contributed by atoms with Crippen molar-refractivity contribution in [3.63, 3.8) is 0 Å². The van der Waals surface area contributed by atoms with Crippen molar-refractivity contribution in [3.05, 3.63) is 58.9 Å². The largest absolute Gasteiger partial charge is 0.378 e. The molecular weight excluding hydrogens is 294 g/mol. The number of carbonyl (C=O) groups excluding carboxylic acids is 1. The zero-order chi connectivity index (χ0) is 15.7. The molecule has 0 spiro atoms. The van der Waals surface area contributed by atoms with Crippen LogP contribution in [-0.2, 0) is 7.05 Å². The molecule has 1 heterocycles. The minimum absolute atomic E-state index is 0.217. The first-order chi connectivity index (χ1) is 10.6. The Bertz CT molecular complexity index is 905. The van der Waals surface area contributed by atoms with Gasteiger partial charge in [-0.25, -0.2) is 0 Å². The molecule has 1 aromatic heterocycles. The summed E-state index contributed by atoms with van der Waals surface area (Å²) in [6.45, 7) is 0. The smallest absolute Gasteiger partial charge is 0.279 e. The average molecular weight is 311 g/mol. The van der Waals surface area contributed by atoms with E-state index < -0.39 is 0 Å². The SMILES string of the molecule is CN(C)c1cccc(C(=O)N=c2sc3ccccc3n2C)c1. The number of carbonyl (C=O) groups is 1. The zero-order valence-corrected chi connectivity index (χ0v) is 13.6. The molecule has 4 nitrogen and oxygen atoms in total. The van der Waals surface area contributed by atoms with Crippen LogP contribution in [0.3, 0.4) is 0 Å². The van der Waals surface area contributed by atoms with E-state index in [-0.39, 0.29) is 5.91 Å². The van der Waals surface area contributed by atoms with Crippen molar-refractivity contribution in [1.82, 2.24) is 4.57 Å². The van der Waals surface area contributed by atoms with Crippen molar-refractivity contribution in [1.29, 1.82) is 0 Å². The van der Waals surface area contributed by atoms with Crippen LogP contribution < -0.4 is 9.70 Å². The van der Waals surface area contributed by atoms with Gasteiger partial charge in [-0.2, -0.15) is 4.99 Å². The summed E-state index contributed by atoms with van der Waals surface area (Å²) in [7, 11) is 5.83. The summed E-state index contributed by atoms with van der Waals surface area (Å²) in [5, 5.41) is 0. The fourth-order valence-corrected chi connectivity index (χ4v) is 3.27. The maximum Gasteiger partial charge on any atom is 0.279 e. The van der Waals surface area contributed by atoms with Gasteiger partial charge in [-0.1, -0.05) is 29.5 Å². The summed E-state index contributed by atoms with van der Waals surface area (Å²) in [5.41, 5.74) is 2.67. The third-order valence-corrected chi connectivity index (χ3v) is 4.63. The molecule has 112 valence electrons. The highest BCUT2D eigenvalue weighted by molar-refractivity contribution is 7.16. The third kappa shape index (κ3) is 2.67. The monoisotopic (exact) mass is 311 g/mol. The summed E-state index contributed by atoms with van der Waals surface area (Å²) >= 11 is 1.52. The number of aryl methyl sites for hydroxylation is 1. The lowest BCUT2D eigenvalue weighted by molar-refractivity contribution is 0.0998. The number of amides is 1. The van der Waals surface area contributed by atoms with Crippen molar-refractivity contribution < 1.29 is 4.79 Å². The molecule has 0 unspecified atom stereocenters. The molecule has 5 heteroatoms. The van der Waals surface area contributed by atoms with Gasteiger partial charge in [0, 0.05) is 32.4 Å². The van der Waals surface area contributed by atoms with Gasteiger partial charge in [0.1, 0.15) is 0 Å². The predicted octanol–water partition coefficient (Wildman–Crippen LogP) is 3.05. The van der Waals surface area contributed by atoms with Crippen LogP contribution >= 0.6 is 11.3 Å². The first-order valence-electron chi connectivity index (χ1n) is 6.97. The van der Waals surface area contributed by atoms with Crippen molar-refractivity contribution >= 4 is 33.1 Å². The predicted molar refractivity (Wildman–Crippen MR) is 91.5 cm³/mol. The van der Waals surface area contributed by atoms with Crippen molar-refractivity contribution in [2.75, 3.05) is 19.0 Å². The Morgan fingerprint density at radius 2 is 1.91 bits per heavy atom. The third-order valence-electron chi connectivity index (χ3n) is 3.52. The lowest BCUT2D eigenvalue weighted by Crippen LogP contribution is -2.14. The van der Waals surface area contributed by atoms with Crippen LogP contribution in [-0.4, -0.2) is 24.6 Å². The molecule has 0 aliphatic heterocycles. The Morgan fingerprint density at radius 3 is 2.64 bits per heavy atom. The van der Waals surface area contributed by atoms with E-state index in [0.29, 0.717) is 10.4 Å². The molecule has 1 amide bonds. The topological polar surface area (TPSA) is 37.6 Å². The van der Waals surface area contributed by atoms with E-state index in [4.69, 9.17) is 0 Å². The van der Waals surface area contributed by atoms with Gasteiger partial charge in [0.25, 0.3) is 5.91 Å². The molecule has 22 heavy (non-hydrogen) atoms. The van der Waals surface area contributed by atoms with E-state index >= 15 is 0 Å². The number of para-hydroxylation sites is 1. The molecule has 0 atom stereocenters. The average Bonchev–Trinajstić information content (AvgIpc) is 2.84. The minimum atomic E-state index is -0.217. The Labute approximate surface area is 133 Å². The Hall–Kier alpha value is -2.40. The van der Waals surface area contributed by atoms with Crippen molar-refractivity contribution in [2.24, 2.45) is 12.0 Å². The van der Waals surface area contributed by atoms with Gasteiger partial charge in [-0.15, -0.1) is 0 Å². The number of aromatic nitrogens is 1. The van der Waals surface area contributed by atoms with Crippen LogP contribution in [0.15, 0.2) is 53.5 Å². The molecule has 0 saturated carbocycles. The fourth-order valence-electron chi connectivity index (χ4n) is 2.26. The molecular formula is C17H17N3OS. The fraction of sp³-hybridized carbons (Fsp3) is 0.176. The van der Waals surface area contributed by atoms with E-state index in [2.05, 4.69) is 4.99 Å². The molecule has 0 saturated heterocycles. The maximum absolute atomic E-state index is 12.4. The summed E-state index contributed by atoms with van der Waals surface area (Å²) in [4.78, 5) is 19.4. The van der Waals surface area contributed by atoms with Gasteiger partial charge in [-0.3, -0.25) is 4.79 Å². The van der Waals surface area contributed by atoms with Crippen LogP contribution in [0, 0.1) is 0 Å². The van der Waals surface area contributed by atoms with Gasteiger partial charge in [0.15, 0.2) is 4.80 Å². The number of thiazole rings is 1. The van der Waals surface area contributed by atoms with Crippen LogP contribution in [0.5, 0.6) is 0 Å². The molecule has 0 aliphatic carbocycles. The number of rotatable bonds is 2. The summed E-state index contributed by atoms with van der Waals surface area (Å²) in [6.07, 6.45) is 0. The van der Waals surface area contributed by atoms with Gasteiger partial charge >= 0.3 is 0 Å². The van der Waals surface area contributed by atoms with E-state index in [1.54, 1.807) is 6.07 Å².